The van der Waals surface area contributed by atoms with Crippen molar-refractivity contribution in [2.24, 2.45) is 0 Å². The molecule has 2 aromatic heterocycles. The molecule has 5 rings (SSSR count). The SMILES string of the molecule is Cc1ncc(-c2ccc(-c3ccc(-c4ccc5nc(C)[nH]c5c4)cc3)cc2)[nH]1. The lowest BCUT2D eigenvalue weighted by Crippen LogP contribution is -1.82. The third-order valence-electron chi connectivity index (χ3n) is 5.05. The fourth-order valence-corrected chi connectivity index (χ4v) is 3.58. The summed E-state index contributed by atoms with van der Waals surface area (Å²) in [4.78, 5) is 15.3. The summed E-state index contributed by atoms with van der Waals surface area (Å²) in [5.41, 5.74) is 9.05. The molecular formula is C24H20N4. The number of nitrogens with one attached hydrogen (secondary N) is 2. The summed E-state index contributed by atoms with van der Waals surface area (Å²) in [6, 6.07) is 23.6. The van der Waals surface area contributed by atoms with Gasteiger partial charge in [-0.05, 0) is 53.8 Å². The number of H-pyrrole nitrogens is 2. The molecule has 0 bridgehead atoms. The van der Waals surface area contributed by atoms with Crippen molar-refractivity contribution in [1.82, 2.24) is 19.9 Å². The normalized spacial score (nSPS) is 11.2. The van der Waals surface area contributed by atoms with Crippen molar-refractivity contribution in [3.8, 4) is 33.5 Å². The first-order valence-electron chi connectivity index (χ1n) is 9.35. The summed E-state index contributed by atoms with van der Waals surface area (Å²) in [6.45, 7) is 3.94. The van der Waals surface area contributed by atoms with E-state index in [9.17, 15) is 0 Å². The molecule has 5 aromatic rings. The summed E-state index contributed by atoms with van der Waals surface area (Å²) in [5, 5.41) is 0. The van der Waals surface area contributed by atoms with Gasteiger partial charge in [0, 0.05) is 0 Å². The Balaban J connectivity index is 1.42. The van der Waals surface area contributed by atoms with Gasteiger partial charge in [0.2, 0.25) is 0 Å². The summed E-state index contributed by atoms with van der Waals surface area (Å²) in [7, 11) is 0. The van der Waals surface area contributed by atoms with Crippen LogP contribution < -0.4 is 0 Å². The molecule has 0 amide bonds. The van der Waals surface area contributed by atoms with Crippen molar-refractivity contribution in [2.45, 2.75) is 13.8 Å². The van der Waals surface area contributed by atoms with Gasteiger partial charge in [-0.25, -0.2) is 9.97 Å². The van der Waals surface area contributed by atoms with E-state index in [-0.39, 0.29) is 0 Å². The van der Waals surface area contributed by atoms with Crippen LogP contribution in [-0.2, 0) is 0 Å². The van der Waals surface area contributed by atoms with Gasteiger partial charge in [0.15, 0.2) is 0 Å². The zero-order valence-electron chi connectivity index (χ0n) is 15.8. The minimum atomic E-state index is 0.929. The van der Waals surface area contributed by atoms with Crippen LogP contribution in [0.2, 0.25) is 0 Å². The molecule has 0 saturated carbocycles. The van der Waals surface area contributed by atoms with Crippen molar-refractivity contribution in [2.75, 3.05) is 0 Å². The average molecular weight is 364 g/mol. The monoisotopic (exact) mass is 364 g/mol. The second kappa shape index (κ2) is 6.50. The molecule has 0 aliphatic heterocycles. The first-order chi connectivity index (χ1) is 13.7. The van der Waals surface area contributed by atoms with Crippen LogP contribution in [0, 0.1) is 13.8 Å². The largest absolute Gasteiger partial charge is 0.342 e. The minimum Gasteiger partial charge on any atom is -0.342 e. The number of benzene rings is 3. The van der Waals surface area contributed by atoms with Crippen LogP contribution in [0.3, 0.4) is 0 Å². The Morgan fingerprint density at radius 3 is 1.79 bits per heavy atom. The number of rotatable bonds is 3. The maximum absolute atomic E-state index is 4.47. The highest BCUT2D eigenvalue weighted by Crippen LogP contribution is 2.28. The number of aromatic amines is 2. The minimum absolute atomic E-state index is 0.929. The number of aromatic nitrogens is 4. The number of aryl methyl sites for hydroxylation is 2. The van der Waals surface area contributed by atoms with Gasteiger partial charge >= 0.3 is 0 Å². The molecule has 4 nitrogen and oxygen atoms in total. The molecule has 3 aromatic carbocycles. The Labute approximate surface area is 163 Å². The Morgan fingerprint density at radius 2 is 1.18 bits per heavy atom. The highest BCUT2D eigenvalue weighted by atomic mass is 14.9. The van der Waals surface area contributed by atoms with E-state index in [2.05, 4.69) is 86.7 Å². The van der Waals surface area contributed by atoms with Crippen LogP contribution in [0.5, 0.6) is 0 Å². The molecule has 28 heavy (non-hydrogen) atoms. The number of fused-ring (bicyclic) bond motifs is 1. The quantitative estimate of drug-likeness (QED) is 0.418. The van der Waals surface area contributed by atoms with E-state index in [1.165, 1.54) is 22.3 Å². The van der Waals surface area contributed by atoms with Gasteiger partial charge in [0.1, 0.15) is 11.6 Å². The molecule has 136 valence electrons. The molecule has 0 atom stereocenters. The first kappa shape index (κ1) is 16.5. The van der Waals surface area contributed by atoms with Crippen molar-refractivity contribution < 1.29 is 0 Å². The third-order valence-corrected chi connectivity index (χ3v) is 5.05. The first-order valence-corrected chi connectivity index (χ1v) is 9.35. The standard InChI is InChI=1S/C24H20N4/c1-15-25-14-24(26-15)20-9-7-18(8-10-20)17-3-5-19(6-4-17)21-11-12-22-23(13-21)28-16(2)27-22/h3-14H,1-2H3,(H,25,26)(H,27,28). The average Bonchev–Trinajstić information content (AvgIpc) is 3.32. The molecule has 0 fully saturated rings. The van der Waals surface area contributed by atoms with Crippen LogP contribution in [0.25, 0.3) is 44.5 Å². The lowest BCUT2D eigenvalue weighted by molar-refractivity contribution is 1.15. The molecule has 0 aliphatic rings. The Kier molecular flexibility index (Phi) is 3.83. The lowest BCUT2D eigenvalue weighted by Gasteiger charge is -2.06. The summed E-state index contributed by atoms with van der Waals surface area (Å²) < 4.78 is 0. The van der Waals surface area contributed by atoms with E-state index in [4.69, 9.17) is 0 Å². The molecule has 0 spiro atoms. The van der Waals surface area contributed by atoms with Gasteiger partial charge in [-0.3, -0.25) is 0 Å². The van der Waals surface area contributed by atoms with E-state index < -0.39 is 0 Å². The van der Waals surface area contributed by atoms with Gasteiger partial charge in [0.25, 0.3) is 0 Å². The number of hydrogen-bond acceptors (Lipinski definition) is 2. The van der Waals surface area contributed by atoms with E-state index in [0.29, 0.717) is 0 Å². The van der Waals surface area contributed by atoms with Crippen molar-refractivity contribution in [3.63, 3.8) is 0 Å². The van der Waals surface area contributed by atoms with Gasteiger partial charge in [-0.1, -0.05) is 54.6 Å². The van der Waals surface area contributed by atoms with Gasteiger partial charge in [0.05, 0.1) is 22.9 Å². The second-order valence-electron chi connectivity index (χ2n) is 7.09. The molecule has 4 heteroatoms. The maximum atomic E-state index is 4.47. The van der Waals surface area contributed by atoms with E-state index in [1.807, 2.05) is 20.0 Å². The Hall–Kier alpha value is -3.66. The zero-order chi connectivity index (χ0) is 19.1. The predicted octanol–water partition coefficient (Wildman–Crippen LogP) is 5.90. The van der Waals surface area contributed by atoms with Crippen molar-refractivity contribution in [3.05, 3.63) is 84.6 Å². The maximum Gasteiger partial charge on any atom is 0.104 e. The van der Waals surface area contributed by atoms with Crippen LogP contribution in [0.15, 0.2) is 72.9 Å². The smallest absolute Gasteiger partial charge is 0.104 e. The Morgan fingerprint density at radius 1 is 0.607 bits per heavy atom. The van der Waals surface area contributed by atoms with Gasteiger partial charge in [-0.2, -0.15) is 0 Å². The zero-order valence-corrected chi connectivity index (χ0v) is 15.8. The van der Waals surface area contributed by atoms with Gasteiger partial charge in [-0.15, -0.1) is 0 Å². The number of nitrogens with zero attached hydrogens (tertiary/aromatic N) is 2. The van der Waals surface area contributed by atoms with E-state index >= 15 is 0 Å². The molecular weight excluding hydrogens is 344 g/mol. The van der Waals surface area contributed by atoms with Crippen molar-refractivity contribution in [1.29, 1.82) is 0 Å². The number of hydrogen-bond donors (Lipinski definition) is 2. The Bertz CT molecular complexity index is 1260. The summed E-state index contributed by atoms with van der Waals surface area (Å²) in [5.74, 6) is 1.87. The molecule has 2 N–H and O–H groups in total. The summed E-state index contributed by atoms with van der Waals surface area (Å²) in [6.07, 6.45) is 1.87. The topological polar surface area (TPSA) is 57.4 Å². The van der Waals surface area contributed by atoms with Crippen LogP contribution in [0.4, 0.5) is 0 Å². The van der Waals surface area contributed by atoms with Gasteiger partial charge < -0.3 is 9.97 Å². The van der Waals surface area contributed by atoms with Crippen LogP contribution in [-0.4, -0.2) is 19.9 Å². The fraction of sp³-hybridized carbons (Fsp3) is 0.0833. The molecule has 0 aliphatic carbocycles. The second-order valence-corrected chi connectivity index (χ2v) is 7.09. The molecule has 0 unspecified atom stereocenters. The van der Waals surface area contributed by atoms with E-state index in [0.717, 1.165) is 33.9 Å². The van der Waals surface area contributed by atoms with E-state index in [1.54, 1.807) is 0 Å². The third kappa shape index (κ3) is 2.99. The molecule has 0 radical (unpaired) electrons. The van der Waals surface area contributed by atoms with Crippen LogP contribution >= 0.6 is 0 Å². The summed E-state index contributed by atoms with van der Waals surface area (Å²) >= 11 is 0. The highest BCUT2D eigenvalue weighted by Gasteiger charge is 2.05. The lowest BCUT2D eigenvalue weighted by atomic mass is 9.99. The predicted molar refractivity (Wildman–Crippen MR) is 114 cm³/mol. The highest BCUT2D eigenvalue weighted by molar-refractivity contribution is 5.82. The molecule has 2 heterocycles. The van der Waals surface area contributed by atoms with Crippen LogP contribution in [0.1, 0.15) is 11.6 Å². The van der Waals surface area contributed by atoms with Crippen molar-refractivity contribution >= 4 is 11.0 Å². The fourth-order valence-electron chi connectivity index (χ4n) is 3.58. The number of imidazole rings is 2. The molecule has 0 saturated heterocycles.